The van der Waals surface area contributed by atoms with Crippen molar-refractivity contribution in [3.05, 3.63) is 0 Å². The van der Waals surface area contributed by atoms with Gasteiger partial charge in [-0.15, -0.1) is 0 Å². The standard InChI is InChI=1S/C10H21NO/c1-3-5-9(2,12)10(8-11)6-4-7-10/h12H,3-8,11H2,1-2H3. The molecule has 2 nitrogen and oxygen atoms in total. The molecule has 1 unspecified atom stereocenters. The Balaban J connectivity index is 2.63. The molecule has 1 saturated carbocycles. The van der Waals surface area contributed by atoms with Crippen molar-refractivity contribution in [1.29, 1.82) is 0 Å². The summed E-state index contributed by atoms with van der Waals surface area (Å²) in [4.78, 5) is 0. The molecule has 0 heterocycles. The highest BCUT2D eigenvalue weighted by molar-refractivity contribution is 5.01. The van der Waals surface area contributed by atoms with Crippen molar-refractivity contribution in [3.8, 4) is 0 Å². The van der Waals surface area contributed by atoms with Gasteiger partial charge in [-0.2, -0.15) is 0 Å². The first-order chi connectivity index (χ1) is 5.58. The predicted molar refractivity (Wildman–Crippen MR) is 50.9 cm³/mol. The summed E-state index contributed by atoms with van der Waals surface area (Å²) in [6, 6.07) is 0. The Hall–Kier alpha value is -0.0800. The fourth-order valence-electron chi connectivity index (χ4n) is 2.32. The average Bonchev–Trinajstić information content (AvgIpc) is 1.84. The molecule has 0 radical (unpaired) electrons. The van der Waals surface area contributed by atoms with Crippen molar-refractivity contribution >= 4 is 0 Å². The van der Waals surface area contributed by atoms with Crippen LogP contribution in [-0.2, 0) is 0 Å². The summed E-state index contributed by atoms with van der Waals surface area (Å²) < 4.78 is 0. The minimum absolute atomic E-state index is 0.0447. The maximum absolute atomic E-state index is 10.2. The smallest absolute Gasteiger partial charge is 0.0687 e. The third-order valence-corrected chi connectivity index (χ3v) is 3.58. The Kier molecular flexibility index (Phi) is 2.79. The molecule has 12 heavy (non-hydrogen) atoms. The van der Waals surface area contributed by atoms with Crippen molar-refractivity contribution in [2.75, 3.05) is 6.54 Å². The van der Waals surface area contributed by atoms with E-state index in [1.54, 1.807) is 0 Å². The van der Waals surface area contributed by atoms with E-state index in [1.807, 2.05) is 6.92 Å². The van der Waals surface area contributed by atoms with Crippen LogP contribution in [0.5, 0.6) is 0 Å². The Morgan fingerprint density at radius 1 is 1.50 bits per heavy atom. The third kappa shape index (κ3) is 1.38. The van der Waals surface area contributed by atoms with Gasteiger partial charge >= 0.3 is 0 Å². The fraction of sp³-hybridized carbons (Fsp3) is 1.00. The van der Waals surface area contributed by atoms with Crippen molar-refractivity contribution in [1.82, 2.24) is 0 Å². The van der Waals surface area contributed by atoms with Gasteiger partial charge in [0, 0.05) is 12.0 Å². The highest BCUT2D eigenvalue weighted by Crippen LogP contribution is 2.50. The van der Waals surface area contributed by atoms with Crippen LogP contribution in [0.2, 0.25) is 0 Å². The molecule has 0 aromatic carbocycles. The van der Waals surface area contributed by atoms with Gasteiger partial charge in [-0.05, 0) is 26.2 Å². The van der Waals surface area contributed by atoms with Crippen LogP contribution in [0.1, 0.15) is 46.0 Å². The predicted octanol–water partition coefficient (Wildman–Crippen LogP) is 1.67. The van der Waals surface area contributed by atoms with Crippen LogP contribution in [0, 0.1) is 5.41 Å². The van der Waals surface area contributed by atoms with E-state index >= 15 is 0 Å². The Labute approximate surface area is 75.2 Å². The third-order valence-electron chi connectivity index (χ3n) is 3.58. The van der Waals surface area contributed by atoms with Crippen LogP contribution in [0.15, 0.2) is 0 Å². The van der Waals surface area contributed by atoms with Crippen LogP contribution in [0.3, 0.4) is 0 Å². The van der Waals surface area contributed by atoms with Crippen molar-refractivity contribution in [3.63, 3.8) is 0 Å². The number of hydrogen-bond donors (Lipinski definition) is 2. The highest BCUT2D eigenvalue weighted by Gasteiger charge is 2.49. The second-order valence-electron chi connectivity index (χ2n) is 4.36. The first-order valence-corrected chi connectivity index (χ1v) is 5.00. The minimum atomic E-state index is -0.533. The van der Waals surface area contributed by atoms with Crippen LogP contribution in [0.25, 0.3) is 0 Å². The van der Waals surface area contributed by atoms with Gasteiger partial charge in [-0.25, -0.2) is 0 Å². The van der Waals surface area contributed by atoms with E-state index < -0.39 is 5.60 Å². The SMILES string of the molecule is CCCC(C)(O)C1(CN)CCC1. The molecule has 1 aliphatic carbocycles. The van der Waals surface area contributed by atoms with Crippen molar-refractivity contribution < 1.29 is 5.11 Å². The zero-order valence-electron chi connectivity index (χ0n) is 8.27. The molecular weight excluding hydrogens is 150 g/mol. The summed E-state index contributed by atoms with van der Waals surface area (Å²) in [7, 11) is 0. The van der Waals surface area contributed by atoms with E-state index in [2.05, 4.69) is 6.92 Å². The van der Waals surface area contributed by atoms with E-state index in [0.717, 1.165) is 25.7 Å². The molecule has 72 valence electrons. The first kappa shape index (κ1) is 10.0. The fourth-order valence-corrected chi connectivity index (χ4v) is 2.32. The zero-order chi connectivity index (χ0) is 9.24. The number of rotatable bonds is 4. The molecular formula is C10H21NO. The molecule has 1 aliphatic rings. The molecule has 1 fully saturated rings. The zero-order valence-corrected chi connectivity index (χ0v) is 8.27. The minimum Gasteiger partial charge on any atom is -0.390 e. The van der Waals surface area contributed by atoms with Crippen LogP contribution >= 0.6 is 0 Å². The molecule has 0 aromatic heterocycles. The molecule has 0 saturated heterocycles. The monoisotopic (exact) mass is 171 g/mol. The van der Waals surface area contributed by atoms with Gasteiger partial charge in [0.1, 0.15) is 0 Å². The maximum atomic E-state index is 10.2. The van der Waals surface area contributed by atoms with E-state index in [1.165, 1.54) is 6.42 Å². The molecule has 3 N–H and O–H groups in total. The molecule has 0 aliphatic heterocycles. The van der Waals surface area contributed by atoms with Gasteiger partial charge in [0.2, 0.25) is 0 Å². The average molecular weight is 171 g/mol. The Morgan fingerprint density at radius 2 is 2.08 bits per heavy atom. The van der Waals surface area contributed by atoms with Gasteiger partial charge in [-0.1, -0.05) is 19.8 Å². The van der Waals surface area contributed by atoms with Crippen LogP contribution in [-0.4, -0.2) is 17.3 Å². The molecule has 0 spiro atoms. The highest BCUT2D eigenvalue weighted by atomic mass is 16.3. The lowest BCUT2D eigenvalue weighted by atomic mass is 9.58. The first-order valence-electron chi connectivity index (χ1n) is 5.00. The summed E-state index contributed by atoms with van der Waals surface area (Å²) in [5.41, 5.74) is 5.24. The Bertz CT molecular complexity index is 144. The molecule has 1 rings (SSSR count). The van der Waals surface area contributed by atoms with Crippen LogP contribution in [0.4, 0.5) is 0 Å². The van der Waals surface area contributed by atoms with Gasteiger partial charge in [0.05, 0.1) is 5.60 Å². The van der Waals surface area contributed by atoms with Gasteiger partial charge < -0.3 is 10.8 Å². The lowest BCUT2D eigenvalue weighted by Gasteiger charge is -2.51. The van der Waals surface area contributed by atoms with E-state index in [9.17, 15) is 5.11 Å². The second kappa shape index (κ2) is 3.35. The van der Waals surface area contributed by atoms with Crippen LogP contribution < -0.4 is 5.73 Å². The largest absolute Gasteiger partial charge is 0.390 e. The number of nitrogens with two attached hydrogens (primary N) is 1. The van der Waals surface area contributed by atoms with Gasteiger partial charge in [0.25, 0.3) is 0 Å². The van der Waals surface area contributed by atoms with E-state index in [-0.39, 0.29) is 5.41 Å². The summed E-state index contributed by atoms with van der Waals surface area (Å²) in [6.07, 6.45) is 5.36. The van der Waals surface area contributed by atoms with E-state index in [4.69, 9.17) is 5.73 Å². The summed E-state index contributed by atoms with van der Waals surface area (Å²) in [5.74, 6) is 0. The van der Waals surface area contributed by atoms with E-state index in [0.29, 0.717) is 6.54 Å². The number of aliphatic hydroxyl groups is 1. The normalized spacial score (nSPS) is 26.0. The van der Waals surface area contributed by atoms with Crippen molar-refractivity contribution in [2.24, 2.45) is 11.1 Å². The quantitative estimate of drug-likeness (QED) is 0.676. The second-order valence-corrected chi connectivity index (χ2v) is 4.36. The molecule has 2 heteroatoms. The summed E-state index contributed by atoms with van der Waals surface area (Å²) in [6.45, 7) is 4.69. The molecule has 0 amide bonds. The van der Waals surface area contributed by atoms with Gasteiger partial charge in [-0.3, -0.25) is 0 Å². The lowest BCUT2D eigenvalue weighted by molar-refractivity contribution is -0.115. The number of hydrogen-bond acceptors (Lipinski definition) is 2. The Morgan fingerprint density at radius 3 is 2.33 bits per heavy atom. The lowest BCUT2D eigenvalue weighted by Crippen LogP contribution is -2.54. The molecule has 0 aromatic rings. The molecule has 0 bridgehead atoms. The summed E-state index contributed by atoms with van der Waals surface area (Å²) >= 11 is 0. The maximum Gasteiger partial charge on any atom is 0.0687 e. The van der Waals surface area contributed by atoms with Gasteiger partial charge in [0.15, 0.2) is 0 Å². The summed E-state index contributed by atoms with van der Waals surface area (Å²) in [5, 5.41) is 10.2. The molecule has 1 atom stereocenters. The topological polar surface area (TPSA) is 46.2 Å². The van der Waals surface area contributed by atoms with Crippen molar-refractivity contribution in [2.45, 2.75) is 51.6 Å².